The van der Waals surface area contributed by atoms with Gasteiger partial charge in [-0.1, -0.05) is 13.8 Å². The van der Waals surface area contributed by atoms with Crippen molar-refractivity contribution in [2.75, 3.05) is 73.8 Å². The lowest BCUT2D eigenvalue weighted by atomic mass is 10.3. The molecule has 0 aromatic heterocycles. The highest BCUT2D eigenvalue weighted by Gasteiger charge is 2.08. The van der Waals surface area contributed by atoms with E-state index in [1.807, 2.05) is 46.7 Å². The Kier molecular flexibility index (Phi) is 23.2. The number of carbonyl (C=O) groups is 2. The van der Waals surface area contributed by atoms with Crippen LogP contribution in [0.15, 0.2) is 0 Å². The molecule has 0 radical (unpaired) electrons. The van der Waals surface area contributed by atoms with Crippen LogP contribution in [0.2, 0.25) is 0 Å². The Morgan fingerprint density at radius 1 is 0.733 bits per heavy atom. The van der Waals surface area contributed by atoms with Crippen LogP contribution in [-0.2, 0) is 28.5 Å². The average Bonchev–Trinajstić information content (AvgIpc) is 2.72. The van der Waals surface area contributed by atoms with E-state index in [2.05, 4.69) is 4.90 Å². The van der Waals surface area contributed by atoms with E-state index in [0.29, 0.717) is 65.2 Å². The molecule has 8 heteroatoms. The molecule has 0 aromatic rings. The SMILES string of the molecule is CC.COCCN(C)CCC(=O)OCCCCOC(=O)CCN(C)CCOC(C)C. The van der Waals surface area contributed by atoms with Crippen LogP contribution in [0.5, 0.6) is 0 Å². The first kappa shape index (κ1) is 31.0. The smallest absolute Gasteiger partial charge is 0.307 e. The molecule has 0 amide bonds. The average molecular weight is 435 g/mol. The second-order valence-corrected chi connectivity index (χ2v) is 7.17. The van der Waals surface area contributed by atoms with Crippen LogP contribution in [0.1, 0.15) is 53.4 Å². The number of methoxy groups -OCH3 is 1. The maximum Gasteiger partial charge on any atom is 0.307 e. The van der Waals surface area contributed by atoms with E-state index in [0.717, 1.165) is 13.1 Å². The van der Waals surface area contributed by atoms with Crippen molar-refractivity contribution in [2.45, 2.75) is 59.5 Å². The zero-order chi connectivity index (χ0) is 23.2. The van der Waals surface area contributed by atoms with Gasteiger partial charge in [-0.05, 0) is 40.8 Å². The summed E-state index contributed by atoms with van der Waals surface area (Å²) in [5, 5.41) is 0. The van der Waals surface area contributed by atoms with Gasteiger partial charge in [-0.15, -0.1) is 0 Å². The Morgan fingerprint density at radius 3 is 1.57 bits per heavy atom. The molecule has 0 aliphatic heterocycles. The number of esters is 2. The minimum atomic E-state index is -0.203. The Hall–Kier alpha value is -1.22. The maximum atomic E-state index is 11.7. The summed E-state index contributed by atoms with van der Waals surface area (Å²) in [6.45, 7) is 12.9. The summed E-state index contributed by atoms with van der Waals surface area (Å²) >= 11 is 0. The zero-order valence-electron chi connectivity index (χ0n) is 20.4. The van der Waals surface area contributed by atoms with Gasteiger partial charge in [0, 0.05) is 33.3 Å². The number of unbranched alkanes of at least 4 members (excludes halogenated alkanes) is 1. The molecule has 8 nitrogen and oxygen atoms in total. The fraction of sp³-hybridized carbons (Fsp3) is 0.909. The number of hydrogen-bond donors (Lipinski definition) is 0. The van der Waals surface area contributed by atoms with Crippen LogP contribution in [0.4, 0.5) is 0 Å². The van der Waals surface area contributed by atoms with Crippen molar-refractivity contribution in [1.82, 2.24) is 9.80 Å². The first-order valence-corrected chi connectivity index (χ1v) is 11.1. The molecule has 0 rings (SSSR count). The van der Waals surface area contributed by atoms with Crippen molar-refractivity contribution >= 4 is 11.9 Å². The summed E-state index contributed by atoms with van der Waals surface area (Å²) < 4.78 is 20.9. The number of nitrogens with zero attached hydrogens (tertiary/aromatic N) is 2. The Morgan fingerprint density at radius 2 is 1.17 bits per heavy atom. The molecule has 0 N–H and O–H groups in total. The van der Waals surface area contributed by atoms with Crippen molar-refractivity contribution < 1.29 is 28.5 Å². The summed E-state index contributed by atoms with van der Waals surface area (Å²) in [6.07, 6.45) is 2.32. The number of rotatable bonds is 18. The third kappa shape index (κ3) is 23.1. The highest BCUT2D eigenvalue weighted by molar-refractivity contribution is 5.69. The van der Waals surface area contributed by atoms with Crippen molar-refractivity contribution in [3.05, 3.63) is 0 Å². The van der Waals surface area contributed by atoms with Gasteiger partial charge in [-0.25, -0.2) is 0 Å². The lowest BCUT2D eigenvalue weighted by molar-refractivity contribution is -0.146. The molecular weight excluding hydrogens is 388 g/mol. The van der Waals surface area contributed by atoms with E-state index in [4.69, 9.17) is 18.9 Å². The van der Waals surface area contributed by atoms with E-state index in [1.54, 1.807) is 7.11 Å². The molecule has 0 atom stereocenters. The number of carbonyl (C=O) groups excluding carboxylic acids is 2. The van der Waals surface area contributed by atoms with Crippen molar-refractivity contribution in [3.63, 3.8) is 0 Å². The molecule has 0 fully saturated rings. The Labute approximate surface area is 184 Å². The summed E-state index contributed by atoms with van der Waals surface area (Å²) in [4.78, 5) is 27.4. The molecule has 0 unspecified atom stereocenters. The second-order valence-electron chi connectivity index (χ2n) is 7.17. The third-order valence-corrected chi connectivity index (χ3v) is 4.06. The Bertz CT molecular complexity index is 407. The van der Waals surface area contributed by atoms with Crippen LogP contribution in [0.3, 0.4) is 0 Å². The lowest BCUT2D eigenvalue weighted by Gasteiger charge is -2.17. The number of likely N-dealkylation sites (N-methyl/N-ethyl adjacent to an activating group) is 2. The fourth-order valence-corrected chi connectivity index (χ4v) is 2.20. The molecule has 0 aliphatic rings. The van der Waals surface area contributed by atoms with E-state index in [1.165, 1.54) is 0 Å². The van der Waals surface area contributed by atoms with Gasteiger partial charge in [0.25, 0.3) is 0 Å². The van der Waals surface area contributed by atoms with Crippen LogP contribution in [0.25, 0.3) is 0 Å². The van der Waals surface area contributed by atoms with Gasteiger partial charge in [0.15, 0.2) is 0 Å². The lowest BCUT2D eigenvalue weighted by Crippen LogP contribution is -2.27. The van der Waals surface area contributed by atoms with Gasteiger partial charge >= 0.3 is 11.9 Å². The van der Waals surface area contributed by atoms with E-state index in [9.17, 15) is 9.59 Å². The zero-order valence-corrected chi connectivity index (χ0v) is 20.4. The van der Waals surface area contributed by atoms with Gasteiger partial charge < -0.3 is 28.7 Å². The predicted molar refractivity (Wildman–Crippen MR) is 120 cm³/mol. The summed E-state index contributed by atoms with van der Waals surface area (Å²) in [5.41, 5.74) is 0. The monoisotopic (exact) mass is 434 g/mol. The van der Waals surface area contributed by atoms with Crippen molar-refractivity contribution in [3.8, 4) is 0 Å². The molecule has 0 saturated heterocycles. The molecule has 30 heavy (non-hydrogen) atoms. The van der Waals surface area contributed by atoms with Gasteiger partial charge in [0.05, 0.1) is 45.4 Å². The van der Waals surface area contributed by atoms with Gasteiger partial charge in [-0.3, -0.25) is 9.59 Å². The Balaban J connectivity index is 0. The fourth-order valence-electron chi connectivity index (χ4n) is 2.20. The van der Waals surface area contributed by atoms with Gasteiger partial charge in [-0.2, -0.15) is 0 Å². The quantitative estimate of drug-likeness (QED) is 0.241. The summed E-state index contributed by atoms with van der Waals surface area (Å²) in [5.74, 6) is -0.404. The number of ether oxygens (including phenoxy) is 4. The topological polar surface area (TPSA) is 77.5 Å². The summed E-state index contributed by atoms with van der Waals surface area (Å²) in [6, 6.07) is 0. The van der Waals surface area contributed by atoms with Crippen LogP contribution in [-0.4, -0.2) is 102 Å². The normalized spacial score (nSPS) is 10.9. The minimum absolute atomic E-state index is 0.201. The van der Waals surface area contributed by atoms with E-state index >= 15 is 0 Å². The largest absolute Gasteiger partial charge is 0.466 e. The van der Waals surface area contributed by atoms with Crippen LogP contribution in [0, 0.1) is 0 Å². The molecule has 0 aliphatic carbocycles. The van der Waals surface area contributed by atoms with Crippen molar-refractivity contribution in [1.29, 1.82) is 0 Å². The predicted octanol–water partition coefficient (Wildman–Crippen LogP) is 2.59. The minimum Gasteiger partial charge on any atom is -0.466 e. The first-order chi connectivity index (χ1) is 14.3. The first-order valence-electron chi connectivity index (χ1n) is 11.1. The highest BCUT2D eigenvalue weighted by Crippen LogP contribution is 1.98. The third-order valence-electron chi connectivity index (χ3n) is 4.06. The number of hydrogen-bond acceptors (Lipinski definition) is 8. The molecular formula is C22H46N2O6. The van der Waals surface area contributed by atoms with Crippen molar-refractivity contribution in [2.24, 2.45) is 0 Å². The molecule has 0 spiro atoms. The standard InChI is InChI=1S/C20H40N2O6.C2H6/c1-18(2)26-17-13-22(4)11-9-20(24)28-15-7-6-14-27-19(23)8-10-21(3)12-16-25-5;1-2/h18H,6-17H2,1-5H3;1-2H3. The summed E-state index contributed by atoms with van der Waals surface area (Å²) in [7, 11) is 5.56. The van der Waals surface area contributed by atoms with Crippen LogP contribution < -0.4 is 0 Å². The van der Waals surface area contributed by atoms with Crippen LogP contribution >= 0.6 is 0 Å². The van der Waals surface area contributed by atoms with E-state index in [-0.39, 0.29) is 18.0 Å². The van der Waals surface area contributed by atoms with E-state index < -0.39 is 0 Å². The molecule has 0 saturated carbocycles. The molecule has 0 aromatic carbocycles. The molecule has 180 valence electrons. The van der Waals surface area contributed by atoms with Gasteiger partial charge in [0.2, 0.25) is 0 Å². The maximum absolute atomic E-state index is 11.7. The second kappa shape index (κ2) is 22.5. The molecule has 0 heterocycles. The molecule has 0 bridgehead atoms. The van der Waals surface area contributed by atoms with Gasteiger partial charge in [0.1, 0.15) is 0 Å². The highest BCUT2D eigenvalue weighted by atomic mass is 16.5.